The molecule has 0 spiro atoms. The molecule has 1 heterocycles. The van der Waals surface area contributed by atoms with Gasteiger partial charge in [0, 0.05) is 19.0 Å². The molecule has 0 saturated heterocycles. The first kappa shape index (κ1) is 15.5. The van der Waals surface area contributed by atoms with Crippen molar-refractivity contribution in [2.45, 2.75) is 26.7 Å². The van der Waals surface area contributed by atoms with Crippen molar-refractivity contribution in [3.8, 4) is 0 Å². The molecular weight excluding hydrogens is 291 g/mol. The summed E-state index contributed by atoms with van der Waals surface area (Å²) >= 11 is 5.80. The molecule has 6 heteroatoms. The summed E-state index contributed by atoms with van der Waals surface area (Å²) in [6.45, 7) is 3.94. The fraction of sp³-hybridized carbons (Fsp3) is 0.333. The van der Waals surface area contributed by atoms with Crippen LogP contribution >= 0.6 is 11.6 Å². The third kappa shape index (κ3) is 3.42. The van der Waals surface area contributed by atoms with Crippen LogP contribution in [0.3, 0.4) is 0 Å². The van der Waals surface area contributed by atoms with Crippen LogP contribution in [-0.4, -0.2) is 17.0 Å². The van der Waals surface area contributed by atoms with Gasteiger partial charge in [-0.3, -0.25) is 0 Å². The Morgan fingerprint density at radius 1 is 1.24 bits per heavy atom. The quantitative estimate of drug-likeness (QED) is 0.864. The first-order valence-corrected chi connectivity index (χ1v) is 7.21. The Hall–Kier alpha value is -1.88. The number of nitrogens with one attached hydrogen (secondary N) is 2. The minimum absolute atomic E-state index is 0.0781. The van der Waals surface area contributed by atoms with Crippen LogP contribution in [0.4, 0.5) is 21.7 Å². The molecule has 0 aliphatic heterocycles. The molecule has 0 radical (unpaired) electrons. The van der Waals surface area contributed by atoms with Crippen molar-refractivity contribution in [2.75, 3.05) is 17.7 Å². The molecule has 2 aromatic rings. The van der Waals surface area contributed by atoms with Gasteiger partial charge in [-0.05, 0) is 25.5 Å². The lowest BCUT2D eigenvalue weighted by molar-refractivity contribution is 0.632. The number of hydrogen-bond donors (Lipinski definition) is 2. The standard InChI is InChI=1S/C15H18ClFN4/c1-4-6-12-20-14(18-3)9(2)15(21-12)19-11-8-5-7-10(16)13(11)17/h5,7-8H,4,6H2,1-3H3,(H2,18,19,20,21). The lowest BCUT2D eigenvalue weighted by Gasteiger charge is -2.14. The zero-order chi connectivity index (χ0) is 15.4. The van der Waals surface area contributed by atoms with E-state index in [-0.39, 0.29) is 5.02 Å². The largest absolute Gasteiger partial charge is 0.373 e. The van der Waals surface area contributed by atoms with Crippen LogP contribution in [0.1, 0.15) is 24.7 Å². The summed E-state index contributed by atoms with van der Waals surface area (Å²) in [6.07, 6.45) is 1.71. The Morgan fingerprint density at radius 2 is 1.95 bits per heavy atom. The third-order valence-electron chi connectivity index (χ3n) is 3.11. The minimum Gasteiger partial charge on any atom is -0.373 e. The number of hydrogen-bond acceptors (Lipinski definition) is 4. The second-order valence-corrected chi connectivity index (χ2v) is 5.10. The van der Waals surface area contributed by atoms with Gasteiger partial charge >= 0.3 is 0 Å². The SMILES string of the molecule is CCCc1nc(NC)c(C)c(Nc2cccc(Cl)c2F)n1. The molecule has 4 nitrogen and oxygen atoms in total. The Morgan fingerprint density at radius 3 is 2.62 bits per heavy atom. The highest BCUT2D eigenvalue weighted by Crippen LogP contribution is 2.28. The zero-order valence-electron chi connectivity index (χ0n) is 12.3. The van der Waals surface area contributed by atoms with E-state index >= 15 is 0 Å². The van der Waals surface area contributed by atoms with E-state index in [1.54, 1.807) is 19.2 Å². The lowest BCUT2D eigenvalue weighted by atomic mass is 10.2. The molecule has 1 aromatic heterocycles. The maximum Gasteiger partial charge on any atom is 0.165 e. The summed E-state index contributed by atoms with van der Waals surface area (Å²) in [6, 6.07) is 4.83. The molecule has 112 valence electrons. The molecule has 0 bridgehead atoms. The number of rotatable bonds is 5. The summed E-state index contributed by atoms with van der Waals surface area (Å²) in [4.78, 5) is 8.91. The van der Waals surface area contributed by atoms with Gasteiger partial charge in [0.15, 0.2) is 5.82 Å². The zero-order valence-corrected chi connectivity index (χ0v) is 13.1. The van der Waals surface area contributed by atoms with Crippen LogP contribution in [0, 0.1) is 12.7 Å². The molecule has 0 unspecified atom stereocenters. The van der Waals surface area contributed by atoms with E-state index in [1.807, 2.05) is 6.92 Å². The first-order chi connectivity index (χ1) is 10.1. The number of aryl methyl sites for hydroxylation is 1. The predicted molar refractivity (Wildman–Crippen MR) is 85.0 cm³/mol. The van der Waals surface area contributed by atoms with Crippen molar-refractivity contribution in [2.24, 2.45) is 0 Å². The van der Waals surface area contributed by atoms with Gasteiger partial charge in [-0.2, -0.15) is 0 Å². The van der Waals surface area contributed by atoms with Crippen molar-refractivity contribution < 1.29 is 4.39 Å². The van der Waals surface area contributed by atoms with E-state index in [0.29, 0.717) is 11.5 Å². The van der Waals surface area contributed by atoms with Crippen molar-refractivity contribution in [3.63, 3.8) is 0 Å². The van der Waals surface area contributed by atoms with Gasteiger partial charge in [-0.25, -0.2) is 14.4 Å². The Labute approximate surface area is 128 Å². The number of benzene rings is 1. The molecule has 2 N–H and O–H groups in total. The smallest absolute Gasteiger partial charge is 0.165 e. The highest BCUT2D eigenvalue weighted by molar-refractivity contribution is 6.31. The number of halogens is 2. The van der Waals surface area contributed by atoms with E-state index in [0.717, 1.165) is 30.0 Å². The van der Waals surface area contributed by atoms with Gasteiger partial charge in [-0.1, -0.05) is 24.6 Å². The van der Waals surface area contributed by atoms with E-state index in [2.05, 4.69) is 27.5 Å². The van der Waals surface area contributed by atoms with Gasteiger partial charge in [0.1, 0.15) is 17.5 Å². The van der Waals surface area contributed by atoms with Crippen molar-refractivity contribution in [1.29, 1.82) is 0 Å². The molecule has 1 aromatic carbocycles. The minimum atomic E-state index is -0.486. The predicted octanol–water partition coefficient (Wildman–Crippen LogP) is 4.32. The van der Waals surface area contributed by atoms with Crippen LogP contribution in [0.2, 0.25) is 5.02 Å². The van der Waals surface area contributed by atoms with E-state index in [4.69, 9.17) is 11.6 Å². The summed E-state index contributed by atoms with van der Waals surface area (Å²) in [5.74, 6) is 1.55. The van der Waals surface area contributed by atoms with E-state index in [1.165, 1.54) is 6.07 Å². The van der Waals surface area contributed by atoms with E-state index < -0.39 is 5.82 Å². The molecule has 2 rings (SSSR count). The summed E-state index contributed by atoms with van der Waals surface area (Å²) < 4.78 is 14.0. The number of anilines is 3. The Balaban J connectivity index is 2.42. The molecule has 0 fully saturated rings. The van der Waals surface area contributed by atoms with Crippen LogP contribution in [0.15, 0.2) is 18.2 Å². The Bertz CT molecular complexity index is 646. The fourth-order valence-corrected chi connectivity index (χ4v) is 2.17. The van der Waals surface area contributed by atoms with Crippen LogP contribution < -0.4 is 10.6 Å². The number of nitrogens with zero attached hydrogens (tertiary/aromatic N) is 2. The second-order valence-electron chi connectivity index (χ2n) is 4.69. The summed E-state index contributed by atoms with van der Waals surface area (Å²) in [5.41, 5.74) is 1.13. The summed E-state index contributed by atoms with van der Waals surface area (Å²) in [7, 11) is 1.80. The van der Waals surface area contributed by atoms with Crippen molar-refractivity contribution >= 4 is 28.9 Å². The molecule has 0 atom stereocenters. The van der Waals surface area contributed by atoms with Crippen LogP contribution in [0.5, 0.6) is 0 Å². The molecular formula is C15H18ClFN4. The molecule has 0 amide bonds. The maximum absolute atomic E-state index is 14.0. The first-order valence-electron chi connectivity index (χ1n) is 6.83. The highest BCUT2D eigenvalue weighted by Gasteiger charge is 2.13. The number of aromatic nitrogens is 2. The molecule has 0 aliphatic carbocycles. The van der Waals surface area contributed by atoms with Gasteiger partial charge in [0.25, 0.3) is 0 Å². The van der Waals surface area contributed by atoms with E-state index in [9.17, 15) is 4.39 Å². The van der Waals surface area contributed by atoms with Crippen molar-refractivity contribution in [1.82, 2.24) is 9.97 Å². The van der Waals surface area contributed by atoms with Gasteiger partial charge < -0.3 is 10.6 Å². The monoisotopic (exact) mass is 308 g/mol. The van der Waals surface area contributed by atoms with Crippen LogP contribution in [0.25, 0.3) is 0 Å². The second kappa shape index (κ2) is 6.72. The fourth-order valence-electron chi connectivity index (χ4n) is 1.99. The van der Waals surface area contributed by atoms with Gasteiger partial charge in [0.2, 0.25) is 0 Å². The topological polar surface area (TPSA) is 49.8 Å². The normalized spacial score (nSPS) is 10.5. The molecule has 0 aliphatic rings. The maximum atomic E-state index is 14.0. The average Bonchev–Trinajstić information content (AvgIpc) is 2.47. The van der Waals surface area contributed by atoms with Gasteiger partial charge in [-0.15, -0.1) is 0 Å². The Kier molecular flexibility index (Phi) is 4.96. The summed E-state index contributed by atoms with van der Waals surface area (Å²) in [5, 5.41) is 6.12. The van der Waals surface area contributed by atoms with Gasteiger partial charge in [0.05, 0.1) is 10.7 Å². The molecule has 21 heavy (non-hydrogen) atoms. The van der Waals surface area contributed by atoms with Crippen molar-refractivity contribution in [3.05, 3.63) is 40.4 Å². The lowest BCUT2D eigenvalue weighted by Crippen LogP contribution is -2.08. The highest BCUT2D eigenvalue weighted by atomic mass is 35.5. The average molecular weight is 309 g/mol. The van der Waals surface area contributed by atoms with Crippen LogP contribution in [-0.2, 0) is 6.42 Å². The third-order valence-corrected chi connectivity index (χ3v) is 3.40. The molecule has 0 saturated carbocycles.